The van der Waals surface area contributed by atoms with Crippen LogP contribution in [0.4, 0.5) is 0 Å². The maximum atomic E-state index is 13.8. The monoisotopic (exact) mass is 548 g/mol. The Morgan fingerprint density at radius 3 is 2.10 bits per heavy atom. The second kappa shape index (κ2) is 12.0. The minimum atomic E-state index is -2.03. The molecule has 0 bridgehead atoms. The first kappa shape index (κ1) is 28.9. The summed E-state index contributed by atoms with van der Waals surface area (Å²) in [7, 11) is 0. The van der Waals surface area contributed by atoms with Crippen LogP contribution in [0.3, 0.4) is 0 Å². The Balaban J connectivity index is 1.60. The van der Waals surface area contributed by atoms with Gasteiger partial charge in [-0.1, -0.05) is 62.4 Å². The molecule has 1 aliphatic carbocycles. The Morgan fingerprint density at radius 2 is 1.57 bits per heavy atom. The van der Waals surface area contributed by atoms with Gasteiger partial charge in [-0.15, -0.1) is 0 Å². The summed E-state index contributed by atoms with van der Waals surface area (Å²) in [5.41, 5.74) is 0.245. The van der Waals surface area contributed by atoms with Gasteiger partial charge in [-0.25, -0.2) is 0 Å². The Kier molecular flexibility index (Phi) is 8.68. The van der Waals surface area contributed by atoms with Gasteiger partial charge in [0.25, 0.3) is 11.8 Å². The van der Waals surface area contributed by atoms with Gasteiger partial charge in [-0.05, 0) is 43.2 Å². The summed E-state index contributed by atoms with van der Waals surface area (Å²) >= 11 is 0. The number of hydrogen-bond donors (Lipinski definition) is 5. The molecule has 0 unspecified atom stereocenters. The van der Waals surface area contributed by atoms with Crippen LogP contribution < -0.4 is 21.3 Å². The number of carbonyl (C=O) groups excluding carboxylic acids is 5. The Bertz CT molecular complexity index is 1280. The number of fused-ring (bicyclic) bond motifs is 3. The summed E-state index contributed by atoms with van der Waals surface area (Å²) in [6.07, 6.45) is 0.648. The summed E-state index contributed by atoms with van der Waals surface area (Å²) in [4.78, 5) is 64.9. The van der Waals surface area contributed by atoms with Crippen molar-refractivity contribution in [1.29, 1.82) is 0 Å². The minimum Gasteiger partial charge on any atom is -0.372 e. The zero-order valence-electron chi connectivity index (χ0n) is 23.0. The lowest BCUT2D eigenvalue weighted by Gasteiger charge is -2.29. The molecular formula is C30H36N4O6. The van der Waals surface area contributed by atoms with Crippen LogP contribution in [0.2, 0.25) is 0 Å². The highest BCUT2D eigenvalue weighted by Crippen LogP contribution is 2.47. The molecule has 5 N–H and O–H groups in total. The van der Waals surface area contributed by atoms with Crippen LogP contribution in [0, 0.1) is 11.8 Å². The van der Waals surface area contributed by atoms with E-state index < -0.39 is 47.1 Å². The van der Waals surface area contributed by atoms with Crippen LogP contribution >= 0.6 is 0 Å². The van der Waals surface area contributed by atoms with E-state index in [9.17, 15) is 29.1 Å². The first-order valence-corrected chi connectivity index (χ1v) is 13.7. The van der Waals surface area contributed by atoms with E-state index in [1.165, 1.54) is 0 Å². The molecule has 0 aromatic heterocycles. The molecule has 40 heavy (non-hydrogen) atoms. The highest BCUT2D eigenvalue weighted by Gasteiger charge is 2.48. The molecular weight excluding hydrogens is 512 g/mol. The number of amides is 4. The molecule has 4 amide bonds. The Labute approximate surface area is 233 Å². The van der Waals surface area contributed by atoms with Crippen molar-refractivity contribution < 1.29 is 29.1 Å². The average Bonchev–Trinajstić information content (AvgIpc) is 3.46. The fourth-order valence-electron chi connectivity index (χ4n) is 5.49. The van der Waals surface area contributed by atoms with Crippen molar-refractivity contribution in [2.45, 2.75) is 57.7 Å². The molecule has 0 spiro atoms. The smallest absolute Gasteiger partial charge is 0.289 e. The highest BCUT2D eigenvalue weighted by molar-refractivity contribution is 6.38. The number of carbonyl (C=O) groups is 5. The van der Waals surface area contributed by atoms with E-state index in [4.69, 9.17) is 0 Å². The number of ketones is 1. The van der Waals surface area contributed by atoms with Crippen molar-refractivity contribution in [1.82, 2.24) is 21.3 Å². The summed E-state index contributed by atoms with van der Waals surface area (Å²) < 4.78 is 0. The highest BCUT2D eigenvalue weighted by atomic mass is 16.3. The van der Waals surface area contributed by atoms with Gasteiger partial charge in [0, 0.05) is 30.1 Å². The van der Waals surface area contributed by atoms with E-state index in [1.54, 1.807) is 31.2 Å². The molecule has 2 aromatic rings. The maximum Gasteiger partial charge on any atom is 0.289 e. The zero-order valence-corrected chi connectivity index (χ0v) is 23.0. The maximum absolute atomic E-state index is 13.8. The SMILES string of the molecule is CCNC(=O)C(=O)[C@H](C[C@H]1CCNC1=O)NC(=O)[C@@H](CC(C)C)NC(=O)C1(O)c2ccccc2-c2ccccc21. The predicted octanol–water partition coefficient (Wildman–Crippen LogP) is 1.15. The predicted molar refractivity (Wildman–Crippen MR) is 148 cm³/mol. The van der Waals surface area contributed by atoms with E-state index in [2.05, 4.69) is 21.3 Å². The van der Waals surface area contributed by atoms with Gasteiger partial charge in [-0.2, -0.15) is 0 Å². The molecule has 212 valence electrons. The fourth-order valence-corrected chi connectivity index (χ4v) is 5.49. The van der Waals surface area contributed by atoms with E-state index in [0.717, 1.165) is 11.1 Å². The third-order valence-corrected chi connectivity index (χ3v) is 7.46. The largest absolute Gasteiger partial charge is 0.372 e. The van der Waals surface area contributed by atoms with Crippen LogP contribution in [0.1, 0.15) is 51.2 Å². The van der Waals surface area contributed by atoms with E-state index in [0.29, 0.717) is 24.1 Å². The number of hydrogen-bond acceptors (Lipinski definition) is 6. The minimum absolute atomic E-state index is 0.0352. The van der Waals surface area contributed by atoms with Gasteiger partial charge in [0.15, 0.2) is 5.60 Å². The van der Waals surface area contributed by atoms with Crippen molar-refractivity contribution in [3.63, 3.8) is 0 Å². The molecule has 1 aliphatic heterocycles. The quantitative estimate of drug-likeness (QED) is 0.266. The standard InChI is InChI=1S/C30H36N4O6/c1-4-31-28(38)25(35)23(16-18-13-14-32-26(18)36)33-27(37)24(15-17(2)3)34-29(39)30(40)21-11-7-5-9-19(21)20-10-6-8-12-22(20)30/h5-12,17-18,23-24,40H,4,13-16H2,1-3H3,(H,31,38)(H,32,36)(H,33,37)(H,34,39)/t18-,23+,24-/m1/s1. The van der Waals surface area contributed by atoms with Gasteiger partial charge >= 0.3 is 0 Å². The third-order valence-electron chi connectivity index (χ3n) is 7.46. The first-order chi connectivity index (χ1) is 19.1. The topological polar surface area (TPSA) is 154 Å². The van der Waals surface area contributed by atoms with Crippen LogP contribution in [-0.4, -0.2) is 59.7 Å². The van der Waals surface area contributed by atoms with E-state index >= 15 is 0 Å². The lowest BCUT2D eigenvalue weighted by atomic mass is 9.89. The molecule has 1 fully saturated rings. The number of aliphatic hydroxyl groups is 1. The van der Waals surface area contributed by atoms with Crippen LogP contribution in [0.25, 0.3) is 11.1 Å². The van der Waals surface area contributed by atoms with Gasteiger partial charge < -0.3 is 26.4 Å². The van der Waals surface area contributed by atoms with Crippen molar-refractivity contribution in [2.24, 2.45) is 11.8 Å². The number of nitrogens with one attached hydrogen (secondary N) is 4. The summed E-state index contributed by atoms with van der Waals surface area (Å²) in [5.74, 6) is -3.97. The Morgan fingerprint density at radius 1 is 0.975 bits per heavy atom. The second-order valence-corrected chi connectivity index (χ2v) is 10.8. The third kappa shape index (κ3) is 5.62. The van der Waals surface area contributed by atoms with Crippen molar-refractivity contribution >= 4 is 29.4 Å². The molecule has 3 atom stereocenters. The van der Waals surface area contributed by atoms with Crippen LogP contribution in [0.15, 0.2) is 48.5 Å². The fraction of sp³-hybridized carbons (Fsp3) is 0.433. The van der Waals surface area contributed by atoms with E-state index in [1.807, 2.05) is 38.1 Å². The molecule has 2 aromatic carbocycles. The first-order valence-electron chi connectivity index (χ1n) is 13.7. The second-order valence-electron chi connectivity index (χ2n) is 10.8. The molecule has 10 heteroatoms. The van der Waals surface area contributed by atoms with Crippen LogP contribution in [-0.2, 0) is 29.6 Å². The molecule has 2 aliphatic rings. The molecule has 1 heterocycles. The molecule has 1 saturated heterocycles. The molecule has 0 saturated carbocycles. The molecule has 0 radical (unpaired) electrons. The van der Waals surface area contributed by atoms with Crippen LogP contribution in [0.5, 0.6) is 0 Å². The van der Waals surface area contributed by atoms with Crippen molar-refractivity contribution in [2.75, 3.05) is 13.1 Å². The average molecular weight is 549 g/mol. The number of likely N-dealkylation sites (N-methyl/N-ethyl adjacent to an activating group) is 1. The lowest BCUT2D eigenvalue weighted by molar-refractivity contribution is -0.142. The molecule has 10 nitrogen and oxygen atoms in total. The van der Waals surface area contributed by atoms with E-state index in [-0.39, 0.29) is 31.2 Å². The lowest BCUT2D eigenvalue weighted by Crippen LogP contribution is -2.57. The van der Waals surface area contributed by atoms with Gasteiger partial charge in [-0.3, -0.25) is 24.0 Å². The summed E-state index contributed by atoms with van der Waals surface area (Å²) in [5, 5.41) is 22.4. The van der Waals surface area contributed by atoms with Gasteiger partial charge in [0.2, 0.25) is 17.6 Å². The van der Waals surface area contributed by atoms with Gasteiger partial charge in [0.05, 0.1) is 6.04 Å². The van der Waals surface area contributed by atoms with Crippen molar-refractivity contribution in [3.05, 3.63) is 59.7 Å². The summed E-state index contributed by atoms with van der Waals surface area (Å²) in [6, 6.07) is 11.8. The Hall–Kier alpha value is -4.05. The number of Topliss-reactive ketones (excluding diaryl/α,β-unsaturated/α-hetero) is 1. The normalized spacial score (nSPS) is 18.2. The number of benzene rings is 2. The van der Waals surface area contributed by atoms with Crippen molar-refractivity contribution in [3.8, 4) is 11.1 Å². The molecule has 4 rings (SSSR count). The number of rotatable bonds is 11. The summed E-state index contributed by atoms with van der Waals surface area (Å²) in [6.45, 7) is 6.10. The van der Waals surface area contributed by atoms with Gasteiger partial charge in [0.1, 0.15) is 6.04 Å². The zero-order chi connectivity index (χ0) is 29.0.